The summed E-state index contributed by atoms with van der Waals surface area (Å²) in [6.45, 7) is 2.13. The Labute approximate surface area is 134 Å². The molecule has 0 aromatic heterocycles. The molecule has 3 N–H and O–H groups in total. The van der Waals surface area contributed by atoms with E-state index in [4.69, 9.17) is 0 Å². The van der Waals surface area contributed by atoms with E-state index in [1.54, 1.807) is 0 Å². The summed E-state index contributed by atoms with van der Waals surface area (Å²) in [4.78, 5) is 10.9. The molecule has 0 heterocycles. The van der Waals surface area contributed by atoms with Crippen molar-refractivity contribution >= 4 is 5.97 Å². The molecule has 0 aliphatic heterocycles. The van der Waals surface area contributed by atoms with Crippen LogP contribution < -0.4 is 0 Å². The van der Waals surface area contributed by atoms with Crippen LogP contribution in [0.5, 0.6) is 0 Å². The molecule has 22 heavy (non-hydrogen) atoms. The lowest BCUT2D eigenvalue weighted by molar-refractivity contribution is -0.140. The van der Waals surface area contributed by atoms with Crippen LogP contribution in [0.4, 0.5) is 0 Å². The van der Waals surface area contributed by atoms with Crippen LogP contribution in [0.2, 0.25) is 0 Å². The Kier molecular flexibility index (Phi) is 13.6. The normalized spacial score (nSPS) is 15.3. The Bertz CT molecular complexity index is 270. The molecule has 0 radical (unpaired) electrons. The predicted octanol–water partition coefficient (Wildman–Crippen LogP) is 2.55. The second-order valence-electron chi connectivity index (χ2n) is 6.00. The van der Waals surface area contributed by atoms with Gasteiger partial charge in [-0.2, -0.15) is 0 Å². The number of hydrogen-bond acceptors (Lipinski definition) is 5. The number of methoxy groups -OCH3 is 1. The smallest absolute Gasteiger partial charge is 0.305 e. The highest BCUT2D eigenvalue weighted by Gasteiger charge is 2.23. The summed E-state index contributed by atoms with van der Waals surface area (Å²) < 4.78 is 4.56. The first-order valence-electron chi connectivity index (χ1n) is 8.63. The molecule has 0 aliphatic rings. The lowest BCUT2D eigenvalue weighted by Crippen LogP contribution is -2.37. The topological polar surface area (TPSA) is 87.0 Å². The van der Waals surface area contributed by atoms with Gasteiger partial charge in [0.05, 0.1) is 19.3 Å². The first-order valence-corrected chi connectivity index (χ1v) is 8.63. The van der Waals surface area contributed by atoms with Crippen LogP contribution in [0.1, 0.15) is 77.6 Å². The highest BCUT2D eigenvalue weighted by molar-refractivity contribution is 5.68. The van der Waals surface area contributed by atoms with E-state index < -0.39 is 18.3 Å². The summed E-state index contributed by atoms with van der Waals surface area (Å²) in [7, 11) is 1.38. The van der Waals surface area contributed by atoms with Crippen LogP contribution in [0.25, 0.3) is 0 Å². The van der Waals surface area contributed by atoms with E-state index in [9.17, 15) is 20.1 Å². The Morgan fingerprint density at radius 2 is 1.36 bits per heavy atom. The van der Waals surface area contributed by atoms with Gasteiger partial charge in [0.1, 0.15) is 6.10 Å². The Morgan fingerprint density at radius 1 is 0.864 bits per heavy atom. The minimum atomic E-state index is -1.06. The number of aliphatic hydroxyl groups excluding tert-OH is 3. The molecule has 5 nitrogen and oxygen atoms in total. The van der Waals surface area contributed by atoms with E-state index in [-0.39, 0.29) is 5.97 Å². The number of hydrogen-bond donors (Lipinski definition) is 3. The zero-order valence-corrected chi connectivity index (χ0v) is 14.2. The molecule has 0 aromatic rings. The predicted molar refractivity (Wildman–Crippen MR) is 86.5 cm³/mol. The second kappa shape index (κ2) is 14.0. The molecule has 0 saturated carbocycles. The van der Waals surface area contributed by atoms with Crippen molar-refractivity contribution in [1.82, 2.24) is 0 Å². The van der Waals surface area contributed by atoms with Gasteiger partial charge >= 0.3 is 5.97 Å². The third kappa shape index (κ3) is 11.0. The standard InChI is InChI=1S/C17H34O5/c1-3-4-5-8-11-14(18)17(21)15(19)12-9-6-7-10-13-16(20)22-2/h14-15,17-19,21H,3-13H2,1-2H3. The molecular formula is C17H34O5. The van der Waals surface area contributed by atoms with Crippen LogP contribution in [0.3, 0.4) is 0 Å². The van der Waals surface area contributed by atoms with Crippen molar-refractivity contribution in [2.24, 2.45) is 0 Å². The molecule has 0 bridgehead atoms. The number of rotatable bonds is 14. The van der Waals surface area contributed by atoms with Crippen molar-refractivity contribution in [3.8, 4) is 0 Å². The number of carbonyl (C=O) groups is 1. The lowest BCUT2D eigenvalue weighted by Gasteiger charge is -2.23. The van der Waals surface area contributed by atoms with Crippen molar-refractivity contribution < 1.29 is 24.9 Å². The van der Waals surface area contributed by atoms with Gasteiger partial charge in [-0.25, -0.2) is 0 Å². The largest absolute Gasteiger partial charge is 0.469 e. The molecule has 3 atom stereocenters. The molecule has 0 rings (SSSR count). The Balaban J connectivity index is 3.63. The number of carbonyl (C=O) groups excluding carboxylic acids is 1. The van der Waals surface area contributed by atoms with E-state index in [1.165, 1.54) is 7.11 Å². The SMILES string of the molecule is CCCCCCC(O)C(O)C(O)CCCCCCC(=O)OC. The number of esters is 1. The number of aliphatic hydroxyl groups is 3. The fourth-order valence-electron chi connectivity index (χ4n) is 2.46. The average Bonchev–Trinajstić information content (AvgIpc) is 2.53. The summed E-state index contributed by atoms with van der Waals surface area (Å²) in [6, 6.07) is 0. The quantitative estimate of drug-likeness (QED) is 0.338. The third-order valence-corrected chi connectivity index (χ3v) is 4.00. The van der Waals surface area contributed by atoms with Gasteiger partial charge in [0.2, 0.25) is 0 Å². The van der Waals surface area contributed by atoms with Crippen molar-refractivity contribution in [2.45, 2.75) is 95.9 Å². The molecular weight excluding hydrogens is 284 g/mol. The van der Waals surface area contributed by atoms with Gasteiger partial charge < -0.3 is 20.1 Å². The van der Waals surface area contributed by atoms with Crippen molar-refractivity contribution in [2.75, 3.05) is 7.11 Å². The van der Waals surface area contributed by atoms with Gasteiger partial charge in [-0.1, -0.05) is 51.9 Å². The van der Waals surface area contributed by atoms with E-state index in [0.29, 0.717) is 19.3 Å². The first-order chi connectivity index (χ1) is 10.5. The highest BCUT2D eigenvalue weighted by atomic mass is 16.5. The van der Waals surface area contributed by atoms with E-state index in [2.05, 4.69) is 11.7 Å². The molecule has 132 valence electrons. The first kappa shape index (κ1) is 21.4. The molecule has 5 heteroatoms. The van der Waals surface area contributed by atoms with Crippen LogP contribution in [-0.4, -0.2) is 46.7 Å². The summed E-state index contributed by atoms with van der Waals surface area (Å²) in [5.74, 6) is -0.193. The Hall–Kier alpha value is -0.650. The lowest BCUT2D eigenvalue weighted by atomic mass is 9.97. The van der Waals surface area contributed by atoms with Crippen LogP contribution >= 0.6 is 0 Å². The van der Waals surface area contributed by atoms with Crippen LogP contribution in [-0.2, 0) is 9.53 Å². The van der Waals surface area contributed by atoms with Crippen molar-refractivity contribution in [1.29, 1.82) is 0 Å². The van der Waals surface area contributed by atoms with E-state index in [1.807, 2.05) is 0 Å². The third-order valence-electron chi connectivity index (χ3n) is 4.00. The van der Waals surface area contributed by atoms with Gasteiger partial charge in [-0.15, -0.1) is 0 Å². The fourth-order valence-corrected chi connectivity index (χ4v) is 2.46. The number of unbranched alkanes of at least 4 members (excludes halogenated alkanes) is 6. The highest BCUT2D eigenvalue weighted by Crippen LogP contribution is 2.15. The monoisotopic (exact) mass is 318 g/mol. The molecule has 0 saturated heterocycles. The summed E-state index contributed by atoms with van der Waals surface area (Å²) >= 11 is 0. The summed E-state index contributed by atoms with van der Waals surface area (Å²) in [5.41, 5.74) is 0. The maximum atomic E-state index is 10.9. The number of ether oxygens (including phenoxy) is 1. The Morgan fingerprint density at radius 3 is 1.86 bits per heavy atom. The van der Waals surface area contributed by atoms with Gasteiger partial charge in [-0.05, 0) is 19.3 Å². The molecule has 3 unspecified atom stereocenters. The minimum Gasteiger partial charge on any atom is -0.469 e. The van der Waals surface area contributed by atoms with Gasteiger partial charge in [0, 0.05) is 6.42 Å². The van der Waals surface area contributed by atoms with Crippen molar-refractivity contribution in [3.63, 3.8) is 0 Å². The molecule has 0 spiro atoms. The van der Waals surface area contributed by atoms with E-state index in [0.717, 1.165) is 51.4 Å². The zero-order valence-electron chi connectivity index (χ0n) is 14.2. The molecule has 0 aliphatic carbocycles. The van der Waals surface area contributed by atoms with Crippen LogP contribution in [0, 0.1) is 0 Å². The summed E-state index contributed by atoms with van der Waals surface area (Å²) in [5, 5.41) is 29.6. The zero-order chi connectivity index (χ0) is 16.8. The van der Waals surface area contributed by atoms with Gasteiger partial charge in [0.25, 0.3) is 0 Å². The molecule has 0 amide bonds. The summed E-state index contributed by atoms with van der Waals surface area (Å²) in [6.07, 6.45) is 6.24. The maximum absolute atomic E-state index is 10.9. The van der Waals surface area contributed by atoms with Crippen molar-refractivity contribution in [3.05, 3.63) is 0 Å². The molecule has 0 aromatic carbocycles. The fraction of sp³-hybridized carbons (Fsp3) is 0.941. The average molecular weight is 318 g/mol. The minimum absolute atomic E-state index is 0.193. The van der Waals surface area contributed by atoms with Gasteiger partial charge in [0.15, 0.2) is 0 Å². The van der Waals surface area contributed by atoms with E-state index >= 15 is 0 Å². The second-order valence-corrected chi connectivity index (χ2v) is 6.00. The maximum Gasteiger partial charge on any atom is 0.305 e. The molecule has 0 fully saturated rings. The van der Waals surface area contributed by atoms with Crippen LogP contribution in [0.15, 0.2) is 0 Å². The van der Waals surface area contributed by atoms with Gasteiger partial charge in [-0.3, -0.25) is 4.79 Å².